The van der Waals surface area contributed by atoms with Crippen LogP contribution in [-0.4, -0.2) is 37.5 Å². The van der Waals surface area contributed by atoms with E-state index in [9.17, 15) is 4.79 Å². The van der Waals surface area contributed by atoms with Crippen molar-refractivity contribution in [3.05, 3.63) is 33.8 Å². The second-order valence-electron chi connectivity index (χ2n) is 5.23. The third-order valence-corrected chi connectivity index (χ3v) is 4.66. The lowest BCUT2D eigenvalue weighted by Crippen LogP contribution is -2.42. The number of halogens is 1. The summed E-state index contributed by atoms with van der Waals surface area (Å²) in [6.07, 6.45) is 2.31. The first-order chi connectivity index (χ1) is 9.13. The van der Waals surface area contributed by atoms with Crippen LogP contribution in [0, 0.1) is 12.8 Å². The monoisotopic (exact) mass is 324 g/mol. The average Bonchev–Trinajstić information content (AvgIpc) is 2.42. The molecule has 1 heterocycles. The molecule has 4 heteroatoms. The van der Waals surface area contributed by atoms with Gasteiger partial charge in [0.15, 0.2) is 0 Å². The van der Waals surface area contributed by atoms with Crippen LogP contribution in [0.5, 0.6) is 0 Å². The summed E-state index contributed by atoms with van der Waals surface area (Å²) >= 11 is 3.49. The number of nitrogens with one attached hydrogen (secondary N) is 1. The highest BCUT2D eigenvalue weighted by molar-refractivity contribution is 9.10. The van der Waals surface area contributed by atoms with Gasteiger partial charge in [-0.15, -0.1) is 0 Å². The molecule has 1 N–H and O–H groups in total. The minimum absolute atomic E-state index is 0.166. The van der Waals surface area contributed by atoms with Gasteiger partial charge in [0.1, 0.15) is 0 Å². The van der Waals surface area contributed by atoms with Gasteiger partial charge < -0.3 is 10.2 Å². The first-order valence-electron chi connectivity index (χ1n) is 6.82. The molecule has 2 rings (SSSR count). The second kappa shape index (κ2) is 6.53. The molecule has 0 bridgehead atoms. The molecule has 19 heavy (non-hydrogen) atoms. The largest absolute Gasteiger partial charge is 0.338 e. The fourth-order valence-electron chi connectivity index (χ4n) is 2.71. The van der Waals surface area contributed by atoms with E-state index in [-0.39, 0.29) is 5.91 Å². The van der Waals surface area contributed by atoms with E-state index >= 15 is 0 Å². The number of carbonyl (C=O) groups excluding carboxylic acids is 1. The highest BCUT2D eigenvalue weighted by atomic mass is 79.9. The number of benzene rings is 1. The van der Waals surface area contributed by atoms with Crippen molar-refractivity contribution >= 4 is 21.8 Å². The molecular formula is C15H21BrN2O. The molecule has 104 valence electrons. The van der Waals surface area contributed by atoms with E-state index in [4.69, 9.17) is 0 Å². The number of hydrogen-bond acceptors (Lipinski definition) is 2. The minimum Gasteiger partial charge on any atom is -0.338 e. The summed E-state index contributed by atoms with van der Waals surface area (Å²) in [5, 5.41) is 3.21. The molecule has 0 aromatic heterocycles. The standard InChI is InChI=1S/C15H21BrN2O/c1-11-13(6-3-7-14(11)16)15(19)18-8-4-5-12(10-18)9-17-2/h3,6-7,12,17H,4-5,8-10H2,1-2H3/t12-/m0/s1. The molecular weight excluding hydrogens is 304 g/mol. The van der Waals surface area contributed by atoms with Crippen LogP contribution in [0.4, 0.5) is 0 Å². The van der Waals surface area contributed by atoms with Crippen molar-refractivity contribution in [3.8, 4) is 0 Å². The zero-order chi connectivity index (χ0) is 13.8. The van der Waals surface area contributed by atoms with Gasteiger partial charge in [-0.3, -0.25) is 4.79 Å². The summed E-state index contributed by atoms with van der Waals surface area (Å²) in [7, 11) is 1.97. The van der Waals surface area contributed by atoms with Crippen molar-refractivity contribution in [2.24, 2.45) is 5.92 Å². The summed E-state index contributed by atoms with van der Waals surface area (Å²) in [5.74, 6) is 0.745. The molecule has 1 fully saturated rings. The smallest absolute Gasteiger partial charge is 0.254 e. The normalized spacial score (nSPS) is 19.5. The lowest BCUT2D eigenvalue weighted by atomic mass is 9.97. The molecule has 0 aliphatic carbocycles. The van der Waals surface area contributed by atoms with Crippen LogP contribution in [0.25, 0.3) is 0 Å². The van der Waals surface area contributed by atoms with Crippen molar-refractivity contribution in [2.75, 3.05) is 26.7 Å². The van der Waals surface area contributed by atoms with E-state index in [1.54, 1.807) is 0 Å². The molecule has 1 amide bonds. The third kappa shape index (κ3) is 3.37. The van der Waals surface area contributed by atoms with Crippen LogP contribution in [0.1, 0.15) is 28.8 Å². The van der Waals surface area contributed by atoms with Gasteiger partial charge in [0.05, 0.1) is 0 Å². The number of likely N-dealkylation sites (tertiary alicyclic amines) is 1. The molecule has 1 aromatic rings. The summed E-state index contributed by atoms with van der Waals surface area (Å²) < 4.78 is 1.00. The first-order valence-corrected chi connectivity index (χ1v) is 7.61. The summed E-state index contributed by atoms with van der Waals surface area (Å²) in [6, 6.07) is 5.83. The Balaban J connectivity index is 2.12. The van der Waals surface area contributed by atoms with Crippen molar-refractivity contribution in [1.29, 1.82) is 0 Å². The highest BCUT2D eigenvalue weighted by Crippen LogP contribution is 2.23. The quantitative estimate of drug-likeness (QED) is 0.927. The van der Waals surface area contributed by atoms with Crippen LogP contribution in [0.15, 0.2) is 22.7 Å². The van der Waals surface area contributed by atoms with E-state index in [2.05, 4.69) is 21.2 Å². The van der Waals surface area contributed by atoms with E-state index < -0.39 is 0 Å². The Hall–Kier alpha value is -0.870. The topological polar surface area (TPSA) is 32.3 Å². The van der Waals surface area contributed by atoms with Crippen LogP contribution >= 0.6 is 15.9 Å². The van der Waals surface area contributed by atoms with Crippen molar-refractivity contribution in [2.45, 2.75) is 19.8 Å². The Morgan fingerprint density at radius 1 is 1.53 bits per heavy atom. The molecule has 1 aromatic carbocycles. The van der Waals surface area contributed by atoms with Gasteiger partial charge in [0.2, 0.25) is 0 Å². The summed E-state index contributed by atoms with van der Waals surface area (Å²) in [6.45, 7) is 4.73. The number of hydrogen-bond donors (Lipinski definition) is 1. The molecule has 3 nitrogen and oxygen atoms in total. The fraction of sp³-hybridized carbons (Fsp3) is 0.533. The number of carbonyl (C=O) groups is 1. The predicted octanol–water partition coefficient (Wildman–Crippen LogP) is 2.83. The van der Waals surface area contributed by atoms with Crippen LogP contribution < -0.4 is 5.32 Å². The van der Waals surface area contributed by atoms with Crippen molar-refractivity contribution in [1.82, 2.24) is 10.2 Å². The Morgan fingerprint density at radius 3 is 3.05 bits per heavy atom. The molecule has 0 spiro atoms. The van der Waals surface area contributed by atoms with Crippen LogP contribution in [0.2, 0.25) is 0 Å². The van der Waals surface area contributed by atoms with Gasteiger partial charge in [-0.2, -0.15) is 0 Å². The maximum Gasteiger partial charge on any atom is 0.254 e. The van der Waals surface area contributed by atoms with E-state index in [1.807, 2.05) is 37.1 Å². The molecule has 0 saturated carbocycles. The maximum absolute atomic E-state index is 12.6. The van der Waals surface area contributed by atoms with Gasteiger partial charge >= 0.3 is 0 Å². The molecule has 1 aliphatic heterocycles. The van der Waals surface area contributed by atoms with E-state index in [0.717, 1.165) is 41.7 Å². The average molecular weight is 325 g/mol. The Morgan fingerprint density at radius 2 is 2.32 bits per heavy atom. The molecule has 0 radical (unpaired) electrons. The minimum atomic E-state index is 0.166. The van der Waals surface area contributed by atoms with Gasteiger partial charge in [-0.1, -0.05) is 22.0 Å². The van der Waals surface area contributed by atoms with Crippen LogP contribution in [0.3, 0.4) is 0 Å². The number of amides is 1. The van der Waals surface area contributed by atoms with Gasteiger partial charge in [-0.05, 0) is 57.0 Å². The highest BCUT2D eigenvalue weighted by Gasteiger charge is 2.25. The molecule has 1 atom stereocenters. The maximum atomic E-state index is 12.6. The zero-order valence-corrected chi connectivity index (χ0v) is 13.2. The third-order valence-electron chi connectivity index (χ3n) is 3.80. The summed E-state index contributed by atoms with van der Waals surface area (Å²) in [5.41, 5.74) is 1.85. The first kappa shape index (κ1) is 14.5. The zero-order valence-electron chi connectivity index (χ0n) is 11.6. The molecule has 0 unspecified atom stereocenters. The number of nitrogens with zero attached hydrogens (tertiary/aromatic N) is 1. The van der Waals surface area contributed by atoms with Crippen molar-refractivity contribution < 1.29 is 4.79 Å². The number of piperidine rings is 1. The Kier molecular flexibility index (Phi) is 4.99. The van der Waals surface area contributed by atoms with Crippen LogP contribution in [-0.2, 0) is 0 Å². The van der Waals surface area contributed by atoms with E-state index in [1.165, 1.54) is 6.42 Å². The lowest BCUT2D eigenvalue weighted by molar-refractivity contribution is 0.0673. The Bertz CT molecular complexity index is 459. The van der Waals surface area contributed by atoms with Gasteiger partial charge in [-0.25, -0.2) is 0 Å². The van der Waals surface area contributed by atoms with E-state index in [0.29, 0.717) is 5.92 Å². The number of rotatable bonds is 3. The van der Waals surface area contributed by atoms with Gasteiger partial charge in [0.25, 0.3) is 5.91 Å². The second-order valence-corrected chi connectivity index (χ2v) is 6.08. The SMILES string of the molecule is CNC[C@@H]1CCCN(C(=O)c2cccc(Br)c2C)C1. The Labute approximate surface area is 123 Å². The molecule has 1 saturated heterocycles. The molecule has 1 aliphatic rings. The lowest BCUT2D eigenvalue weighted by Gasteiger charge is -2.33. The van der Waals surface area contributed by atoms with Gasteiger partial charge in [0, 0.05) is 23.1 Å². The fourth-order valence-corrected chi connectivity index (χ4v) is 3.08. The van der Waals surface area contributed by atoms with Crippen molar-refractivity contribution in [3.63, 3.8) is 0 Å². The summed E-state index contributed by atoms with van der Waals surface area (Å²) in [4.78, 5) is 14.6. The predicted molar refractivity (Wildman–Crippen MR) is 81.4 cm³/mol.